The average Bonchev–Trinajstić information content (AvgIpc) is 3.84. The molecule has 0 saturated carbocycles. The Hall–Kier alpha value is -7.69. The number of imidazole rings is 1. The standard InChI is InChI=1S/C54H34N4/c1-4-16-36(17-5-1)47-34-48(56-52(55-47)38-18-6-2-7-19-38)37-32-30-35(31-33-37)40-23-14-26-44-50(40)41-22-10-11-24-42(41)54(44)43-25-12-13-29-49(43)58-51-45(54)27-15-28-46(51)57-53(58)39-20-8-3-9-21-39/h1-34H. The van der Waals surface area contributed by atoms with Gasteiger partial charge in [0.05, 0.1) is 33.5 Å². The predicted molar refractivity (Wildman–Crippen MR) is 235 cm³/mol. The maximum atomic E-state index is 5.32. The molecule has 0 N–H and O–H groups in total. The van der Waals surface area contributed by atoms with E-state index in [2.05, 4.69) is 187 Å². The van der Waals surface area contributed by atoms with Gasteiger partial charge in [0.2, 0.25) is 0 Å². The fourth-order valence-electron chi connectivity index (χ4n) is 9.61. The molecule has 58 heavy (non-hydrogen) atoms. The van der Waals surface area contributed by atoms with Crippen molar-refractivity contribution in [2.24, 2.45) is 0 Å². The predicted octanol–water partition coefficient (Wildman–Crippen LogP) is 12.8. The molecule has 270 valence electrons. The van der Waals surface area contributed by atoms with Crippen molar-refractivity contribution < 1.29 is 0 Å². The minimum atomic E-state index is -0.537. The summed E-state index contributed by atoms with van der Waals surface area (Å²) in [7, 11) is 0. The van der Waals surface area contributed by atoms with Crippen molar-refractivity contribution in [2.75, 3.05) is 0 Å². The van der Waals surface area contributed by atoms with Crippen molar-refractivity contribution in [3.63, 3.8) is 0 Å². The Kier molecular flexibility index (Phi) is 7.11. The zero-order valence-corrected chi connectivity index (χ0v) is 31.4. The average molecular weight is 739 g/mol. The molecule has 1 unspecified atom stereocenters. The first kappa shape index (κ1) is 32.5. The van der Waals surface area contributed by atoms with E-state index >= 15 is 0 Å². The van der Waals surface area contributed by atoms with Crippen molar-refractivity contribution in [2.45, 2.75) is 5.41 Å². The maximum absolute atomic E-state index is 5.32. The van der Waals surface area contributed by atoms with E-state index in [1.54, 1.807) is 0 Å². The second-order valence-corrected chi connectivity index (χ2v) is 15.1. The molecule has 1 aliphatic carbocycles. The lowest BCUT2D eigenvalue weighted by Crippen LogP contribution is -2.33. The molecule has 0 amide bonds. The maximum Gasteiger partial charge on any atom is 0.160 e. The SMILES string of the molecule is c1ccc(-c2cc(-c3ccc(-c4cccc5c4-c4ccccc4C54c5ccccc5-n5c(-c6ccccc6)nc6cccc4c65)cc3)nc(-c3ccccc3)n2)cc1. The Balaban J connectivity index is 1.05. The van der Waals surface area contributed by atoms with E-state index in [0.717, 1.165) is 61.8 Å². The molecule has 2 aliphatic rings. The van der Waals surface area contributed by atoms with Crippen LogP contribution in [0.25, 0.3) is 84.3 Å². The zero-order valence-electron chi connectivity index (χ0n) is 31.4. The van der Waals surface area contributed by atoms with Crippen LogP contribution in [-0.4, -0.2) is 19.5 Å². The van der Waals surface area contributed by atoms with Gasteiger partial charge in [0.15, 0.2) is 5.82 Å². The minimum Gasteiger partial charge on any atom is -0.292 e. The van der Waals surface area contributed by atoms with Crippen LogP contribution in [0, 0.1) is 0 Å². The van der Waals surface area contributed by atoms with Crippen molar-refractivity contribution in [1.29, 1.82) is 0 Å². The van der Waals surface area contributed by atoms with Crippen molar-refractivity contribution in [1.82, 2.24) is 19.5 Å². The molecule has 3 heterocycles. The van der Waals surface area contributed by atoms with Gasteiger partial charge in [-0.2, -0.15) is 0 Å². The Bertz CT molecular complexity index is 3150. The highest BCUT2D eigenvalue weighted by Gasteiger charge is 2.51. The monoisotopic (exact) mass is 738 g/mol. The van der Waals surface area contributed by atoms with Gasteiger partial charge in [0.1, 0.15) is 5.82 Å². The van der Waals surface area contributed by atoms with E-state index in [9.17, 15) is 0 Å². The molecule has 8 aromatic carbocycles. The number of hydrogen-bond donors (Lipinski definition) is 0. The van der Waals surface area contributed by atoms with Gasteiger partial charge >= 0.3 is 0 Å². The lowest BCUT2D eigenvalue weighted by molar-refractivity contribution is 0.746. The second-order valence-electron chi connectivity index (χ2n) is 15.1. The summed E-state index contributed by atoms with van der Waals surface area (Å²) >= 11 is 0. The largest absolute Gasteiger partial charge is 0.292 e. The molecule has 0 bridgehead atoms. The van der Waals surface area contributed by atoms with Crippen LogP contribution in [0.4, 0.5) is 0 Å². The molecular weight excluding hydrogens is 705 g/mol. The molecule has 0 saturated heterocycles. The topological polar surface area (TPSA) is 43.6 Å². The molecule has 1 aliphatic heterocycles. The summed E-state index contributed by atoms with van der Waals surface area (Å²) in [6.07, 6.45) is 0. The van der Waals surface area contributed by atoms with Crippen LogP contribution in [0.2, 0.25) is 0 Å². The normalized spacial score (nSPS) is 14.6. The molecule has 10 aromatic rings. The smallest absolute Gasteiger partial charge is 0.160 e. The molecule has 0 radical (unpaired) electrons. The first-order valence-corrected chi connectivity index (χ1v) is 19.8. The number of fused-ring (bicyclic) bond motifs is 9. The Morgan fingerprint density at radius 1 is 0.362 bits per heavy atom. The van der Waals surface area contributed by atoms with Gasteiger partial charge in [-0.3, -0.25) is 4.57 Å². The van der Waals surface area contributed by atoms with E-state index in [1.165, 1.54) is 38.9 Å². The molecule has 12 rings (SSSR count). The van der Waals surface area contributed by atoms with Crippen LogP contribution in [0.3, 0.4) is 0 Å². The minimum absolute atomic E-state index is 0.537. The van der Waals surface area contributed by atoms with Crippen LogP contribution in [0.5, 0.6) is 0 Å². The first-order valence-electron chi connectivity index (χ1n) is 19.8. The fourth-order valence-corrected chi connectivity index (χ4v) is 9.61. The van der Waals surface area contributed by atoms with Gasteiger partial charge in [-0.25, -0.2) is 15.0 Å². The van der Waals surface area contributed by atoms with Crippen molar-refractivity contribution >= 4 is 11.0 Å². The van der Waals surface area contributed by atoms with Gasteiger partial charge in [0, 0.05) is 22.3 Å². The molecule has 2 aromatic heterocycles. The van der Waals surface area contributed by atoms with E-state index in [1.807, 2.05) is 24.3 Å². The number of para-hydroxylation sites is 2. The Labute approximate surface area is 336 Å². The highest BCUT2D eigenvalue weighted by molar-refractivity contribution is 6.01. The van der Waals surface area contributed by atoms with Gasteiger partial charge in [-0.05, 0) is 62.7 Å². The summed E-state index contributed by atoms with van der Waals surface area (Å²) in [5.41, 5.74) is 18.8. The number of aromatic nitrogens is 4. The van der Waals surface area contributed by atoms with E-state index in [0.29, 0.717) is 5.82 Å². The third-order valence-electron chi connectivity index (χ3n) is 12.0. The Morgan fingerprint density at radius 3 is 1.64 bits per heavy atom. The van der Waals surface area contributed by atoms with Crippen LogP contribution in [-0.2, 0) is 5.41 Å². The highest BCUT2D eigenvalue weighted by Crippen LogP contribution is 2.62. The summed E-state index contributed by atoms with van der Waals surface area (Å²) in [6, 6.07) is 73.7. The molecule has 1 spiro atoms. The summed E-state index contributed by atoms with van der Waals surface area (Å²) < 4.78 is 2.39. The summed E-state index contributed by atoms with van der Waals surface area (Å²) in [5.74, 6) is 1.67. The quantitative estimate of drug-likeness (QED) is 0.177. The van der Waals surface area contributed by atoms with E-state index < -0.39 is 5.41 Å². The molecule has 4 nitrogen and oxygen atoms in total. The molecule has 0 fully saturated rings. The summed E-state index contributed by atoms with van der Waals surface area (Å²) in [5, 5.41) is 0. The third-order valence-corrected chi connectivity index (χ3v) is 12.0. The first-order chi connectivity index (χ1) is 28.8. The number of nitrogens with zero attached hydrogens (tertiary/aromatic N) is 4. The fraction of sp³-hybridized carbons (Fsp3) is 0.0185. The van der Waals surface area contributed by atoms with E-state index in [4.69, 9.17) is 15.0 Å². The van der Waals surface area contributed by atoms with Crippen molar-refractivity contribution in [3.05, 3.63) is 229 Å². The number of hydrogen-bond acceptors (Lipinski definition) is 3. The third kappa shape index (κ3) is 4.66. The number of benzene rings is 8. The van der Waals surface area contributed by atoms with Crippen molar-refractivity contribution in [3.8, 4) is 73.2 Å². The lowest BCUT2D eigenvalue weighted by atomic mass is 9.65. The van der Waals surface area contributed by atoms with Crippen LogP contribution in [0.15, 0.2) is 206 Å². The number of rotatable bonds is 5. The zero-order chi connectivity index (χ0) is 38.2. The Morgan fingerprint density at radius 2 is 0.897 bits per heavy atom. The van der Waals surface area contributed by atoms with Crippen LogP contribution < -0.4 is 0 Å². The van der Waals surface area contributed by atoms with Gasteiger partial charge in [-0.1, -0.05) is 188 Å². The molecule has 4 heteroatoms. The van der Waals surface area contributed by atoms with Gasteiger partial charge in [0.25, 0.3) is 0 Å². The second kappa shape index (κ2) is 12.7. The lowest BCUT2D eigenvalue weighted by Gasteiger charge is -2.39. The highest BCUT2D eigenvalue weighted by atomic mass is 15.1. The molecular formula is C54H34N4. The summed E-state index contributed by atoms with van der Waals surface area (Å²) in [4.78, 5) is 15.4. The van der Waals surface area contributed by atoms with Crippen LogP contribution in [0.1, 0.15) is 22.3 Å². The summed E-state index contributed by atoms with van der Waals surface area (Å²) in [6.45, 7) is 0. The van der Waals surface area contributed by atoms with E-state index in [-0.39, 0.29) is 0 Å². The molecule has 1 atom stereocenters. The van der Waals surface area contributed by atoms with Gasteiger partial charge in [-0.15, -0.1) is 0 Å². The van der Waals surface area contributed by atoms with Gasteiger partial charge < -0.3 is 0 Å². The van der Waals surface area contributed by atoms with Crippen LogP contribution >= 0.6 is 0 Å².